The molecule has 15 rings (SSSR count). The molecule has 8 aliphatic carbocycles. The van der Waals surface area contributed by atoms with E-state index in [2.05, 4.69) is 181 Å². The highest BCUT2D eigenvalue weighted by molar-refractivity contribution is 5.86. The van der Waals surface area contributed by atoms with Gasteiger partial charge >= 0.3 is 0 Å². The molecule has 0 aliphatic heterocycles. The third-order valence-electron chi connectivity index (χ3n) is 17.0. The van der Waals surface area contributed by atoms with E-state index in [-0.39, 0.29) is 5.41 Å². The second-order valence-electron chi connectivity index (χ2n) is 21.3. The van der Waals surface area contributed by atoms with Gasteiger partial charge in [0.05, 0.1) is 0 Å². The molecule has 2 nitrogen and oxygen atoms in total. The van der Waals surface area contributed by atoms with Crippen LogP contribution in [0, 0.1) is 11.8 Å². The average molecular weight is 863 g/mol. The van der Waals surface area contributed by atoms with E-state index in [1.807, 2.05) is 0 Å². The van der Waals surface area contributed by atoms with Crippen LogP contribution >= 0.6 is 0 Å². The van der Waals surface area contributed by atoms with Crippen LogP contribution in [0.5, 0.6) is 0 Å². The molecule has 0 spiro atoms. The highest BCUT2D eigenvalue weighted by Gasteiger charge is 2.40. The third kappa shape index (κ3) is 7.69. The van der Waals surface area contributed by atoms with Crippen molar-refractivity contribution in [2.75, 3.05) is 9.80 Å². The molecule has 0 aromatic heterocycles. The van der Waals surface area contributed by atoms with Gasteiger partial charge in [0.15, 0.2) is 0 Å². The molecule has 332 valence electrons. The SMILES string of the molecule is CC1(C)c2ccccc2-c2ccc(N(c3ccc(C4CCCCCCC4)cc3)c3cc4ccc3CCc3ccc(c(N(c5ccccc5)c5ccc(C6CC7CCC6C7)cc5)c3)CC4)cc21. The number of anilines is 6. The maximum Gasteiger partial charge on any atom is 0.0496 e. The Morgan fingerprint density at radius 1 is 0.424 bits per heavy atom. The summed E-state index contributed by atoms with van der Waals surface area (Å²) < 4.78 is 0. The van der Waals surface area contributed by atoms with E-state index in [1.165, 1.54) is 155 Å². The van der Waals surface area contributed by atoms with E-state index in [4.69, 9.17) is 0 Å². The van der Waals surface area contributed by atoms with Gasteiger partial charge in [0, 0.05) is 39.5 Å². The van der Waals surface area contributed by atoms with Gasteiger partial charge < -0.3 is 9.80 Å². The van der Waals surface area contributed by atoms with Gasteiger partial charge in [-0.2, -0.15) is 0 Å². The monoisotopic (exact) mass is 863 g/mol. The van der Waals surface area contributed by atoms with E-state index < -0.39 is 0 Å². The number of fused-ring (bicyclic) bond motifs is 5. The zero-order chi connectivity index (χ0) is 44.2. The highest BCUT2D eigenvalue weighted by Crippen LogP contribution is 2.54. The van der Waals surface area contributed by atoms with Gasteiger partial charge in [-0.05, 0) is 198 Å². The normalized spacial score (nSPS) is 20.8. The number of hydrogen-bond donors (Lipinski definition) is 0. The Morgan fingerprint density at radius 2 is 0.985 bits per heavy atom. The highest BCUT2D eigenvalue weighted by atomic mass is 15.2. The van der Waals surface area contributed by atoms with Crippen LogP contribution < -0.4 is 9.80 Å². The summed E-state index contributed by atoms with van der Waals surface area (Å²) >= 11 is 0. The van der Waals surface area contributed by atoms with Gasteiger partial charge in [-0.25, -0.2) is 0 Å². The minimum absolute atomic E-state index is 0.0772. The molecule has 66 heavy (non-hydrogen) atoms. The zero-order valence-electron chi connectivity index (χ0n) is 39.3. The molecular weight excluding hydrogens is 797 g/mol. The van der Waals surface area contributed by atoms with E-state index in [0.29, 0.717) is 5.92 Å². The van der Waals surface area contributed by atoms with Crippen molar-refractivity contribution in [1.29, 1.82) is 0 Å². The van der Waals surface area contributed by atoms with Crippen LogP contribution in [0.4, 0.5) is 34.1 Å². The van der Waals surface area contributed by atoms with Crippen molar-refractivity contribution in [3.05, 3.63) is 202 Å². The van der Waals surface area contributed by atoms with Crippen molar-refractivity contribution >= 4 is 34.1 Å². The Hall–Kier alpha value is -5.86. The molecule has 0 radical (unpaired) electrons. The van der Waals surface area contributed by atoms with Gasteiger partial charge in [-0.1, -0.05) is 149 Å². The number of rotatable bonds is 8. The zero-order valence-corrected chi connectivity index (χ0v) is 39.3. The third-order valence-corrected chi connectivity index (χ3v) is 17.0. The summed E-state index contributed by atoms with van der Waals surface area (Å²) in [5.41, 5.74) is 21.7. The summed E-state index contributed by atoms with van der Waals surface area (Å²) in [5, 5.41) is 0. The predicted molar refractivity (Wildman–Crippen MR) is 278 cm³/mol. The minimum atomic E-state index is -0.0772. The molecule has 8 aliphatic rings. The van der Waals surface area contributed by atoms with Crippen molar-refractivity contribution in [3.8, 4) is 11.1 Å². The first-order chi connectivity index (χ1) is 32.4. The van der Waals surface area contributed by atoms with E-state index in [9.17, 15) is 0 Å². The Bertz CT molecular complexity index is 2840. The van der Waals surface area contributed by atoms with Crippen molar-refractivity contribution in [2.24, 2.45) is 11.8 Å². The quantitative estimate of drug-likeness (QED) is 0.150. The number of aryl methyl sites for hydroxylation is 4. The maximum absolute atomic E-state index is 2.61. The van der Waals surface area contributed by atoms with Crippen LogP contribution in [0.25, 0.3) is 11.1 Å². The Balaban J connectivity index is 0.914. The summed E-state index contributed by atoms with van der Waals surface area (Å²) in [7, 11) is 0. The van der Waals surface area contributed by atoms with Crippen LogP contribution in [0.2, 0.25) is 0 Å². The van der Waals surface area contributed by atoms with E-state index in [0.717, 1.165) is 43.4 Å². The van der Waals surface area contributed by atoms with Crippen LogP contribution in [0.15, 0.2) is 158 Å². The van der Waals surface area contributed by atoms with Crippen LogP contribution in [-0.4, -0.2) is 0 Å². The summed E-state index contributed by atoms with van der Waals surface area (Å²) in [6.45, 7) is 4.82. The molecule has 3 unspecified atom stereocenters. The Morgan fingerprint density at radius 3 is 1.62 bits per heavy atom. The molecule has 7 aromatic carbocycles. The number of nitrogens with zero attached hydrogens (tertiary/aromatic N) is 2. The van der Waals surface area contributed by atoms with Crippen molar-refractivity contribution in [2.45, 2.75) is 127 Å². The number of hydrogen-bond acceptors (Lipinski definition) is 2. The van der Waals surface area contributed by atoms with E-state index in [1.54, 1.807) is 5.56 Å². The molecule has 0 heterocycles. The molecule has 3 fully saturated rings. The molecule has 3 atom stereocenters. The van der Waals surface area contributed by atoms with Gasteiger partial charge in [0.25, 0.3) is 0 Å². The lowest BCUT2D eigenvalue weighted by Gasteiger charge is -2.31. The molecule has 7 aromatic rings. The fraction of sp³-hybridized carbons (Fsp3) is 0.344. The van der Waals surface area contributed by atoms with Crippen molar-refractivity contribution < 1.29 is 0 Å². The summed E-state index contributed by atoms with van der Waals surface area (Å²) in [4.78, 5) is 5.15. The molecule has 6 bridgehead atoms. The van der Waals surface area contributed by atoms with Crippen LogP contribution in [0.1, 0.15) is 141 Å². The standard InChI is InChI=1S/C64H66N2/c1-64(2)60-18-12-11-17-57(60)58-38-37-56(43-61(58)64)66(55-33-29-48(30-34-55)47-13-7-4-3-5-8-14-47)63-42-45-20-25-50-24-19-44(21-26-51(63)27-22-45)41-62(50)65(53-15-9-6-10-16-53)54-35-31-49(32-36-54)59-40-46-23-28-52(59)39-46/h6,9-12,15-19,22,24,27,29-38,41-43,46-47,52,59H,3-5,7-8,13-14,20-21,23,25-26,28,39-40H2,1-2H3. The number of para-hydroxylation sites is 1. The minimum Gasteiger partial charge on any atom is -0.310 e. The number of benzene rings is 7. The lowest BCUT2D eigenvalue weighted by Crippen LogP contribution is -2.18. The summed E-state index contributed by atoms with van der Waals surface area (Å²) in [5.74, 6) is 3.23. The van der Waals surface area contributed by atoms with Crippen molar-refractivity contribution in [3.63, 3.8) is 0 Å². The second kappa shape index (κ2) is 17.4. The van der Waals surface area contributed by atoms with Gasteiger partial charge in [-0.15, -0.1) is 0 Å². The molecular formula is C64H66N2. The largest absolute Gasteiger partial charge is 0.310 e. The fourth-order valence-electron chi connectivity index (χ4n) is 13.4. The van der Waals surface area contributed by atoms with Crippen LogP contribution in [-0.2, 0) is 31.1 Å². The Kier molecular flexibility index (Phi) is 11.0. The second-order valence-corrected chi connectivity index (χ2v) is 21.3. The van der Waals surface area contributed by atoms with Crippen LogP contribution in [0.3, 0.4) is 0 Å². The van der Waals surface area contributed by atoms with E-state index >= 15 is 0 Å². The lowest BCUT2D eigenvalue weighted by molar-refractivity contribution is 0.420. The molecule has 3 saturated carbocycles. The van der Waals surface area contributed by atoms with Crippen molar-refractivity contribution in [1.82, 2.24) is 0 Å². The van der Waals surface area contributed by atoms with Gasteiger partial charge in [0.2, 0.25) is 0 Å². The fourth-order valence-corrected chi connectivity index (χ4v) is 13.4. The maximum atomic E-state index is 2.61. The Labute approximate surface area is 394 Å². The van der Waals surface area contributed by atoms with Gasteiger partial charge in [0.1, 0.15) is 0 Å². The first-order valence-corrected chi connectivity index (χ1v) is 25.8. The van der Waals surface area contributed by atoms with Gasteiger partial charge in [-0.3, -0.25) is 0 Å². The first kappa shape index (κ1) is 41.6. The topological polar surface area (TPSA) is 6.48 Å². The first-order valence-electron chi connectivity index (χ1n) is 25.8. The summed E-state index contributed by atoms with van der Waals surface area (Å²) in [6, 6.07) is 61.8. The average Bonchev–Trinajstić information content (AvgIpc) is 4.04. The molecule has 0 saturated heterocycles. The predicted octanol–water partition coefficient (Wildman–Crippen LogP) is 17.5. The molecule has 2 heteroatoms. The summed E-state index contributed by atoms with van der Waals surface area (Å²) in [6.07, 6.45) is 19.0. The lowest BCUT2D eigenvalue weighted by atomic mass is 9.82. The molecule has 0 amide bonds. The molecule has 0 N–H and O–H groups in total. The smallest absolute Gasteiger partial charge is 0.0496 e.